The minimum Gasteiger partial charge on any atom is -0.452 e. The number of allylic oxidation sites excluding steroid dienone is 1. The lowest BCUT2D eigenvalue weighted by Crippen LogP contribution is -2.21. The number of hydrogen-bond acceptors (Lipinski definition) is 5. The van der Waals surface area contributed by atoms with Gasteiger partial charge < -0.3 is 14.4 Å². The molecule has 4 rings (SSSR count). The summed E-state index contributed by atoms with van der Waals surface area (Å²) in [6, 6.07) is 18.5. The maximum atomic E-state index is 12.9. The fourth-order valence-corrected chi connectivity index (χ4v) is 3.93. The fraction of sp³-hybridized carbons (Fsp3) is 0.214. The van der Waals surface area contributed by atoms with Gasteiger partial charge >= 0.3 is 5.97 Å². The molecule has 0 amide bonds. The Bertz CT molecular complexity index is 1240. The Kier molecular flexibility index (Phi) is 6.31. The predicted octanol–water partition coefficient (Wildman–Crippen LogP) is 5.99. The summed E-state index contributed by atoms with van der Waals surface area (Å²) in [6.07, 6.45) is 1.74. The highest BCUT2D eigenvalue weighted by Gasteiger charge is 2.30. The quantitative estimate of drug-likeness (QED) is 0.267. The topological polar surface area (TPSA) is 55.8 Å². The van der Waals surface area contributed by atoms with Crippen molar-refractivity contribution >= 4 is 23.5 Å². The average molecular weight is 442 g/mol. The SMILES string of the molecule is CCN(CC)c1ccc(/C=C2\Oc3c(ccc(OC(=O)c4cccc(C)c4)c3C)C2=O)cc1. The van der Waals surface area contributed by atoms with Gasteiger partial charge in [-0.15, -0.1) is 0 Å². The van der Waals surface area contributed by atoms with Gasteiger partial charge in [0.25, 0.3) is 0 Å². The molecule has 1 aliphatic rings. The van der Waals surface area contributed by atoms with E-state index in [0.29, 0.717) is 28.2 Å². The van der Waals surface area contributed by atoms with Crippen LogP contribution in [0.1, 0.15) is 51.3 Å². The first-order valence-corrected chi connectivity index (χ1v) is 11.1. The molecule has 0 saturated carbocycles. The molecule has 0 saturated heterocycles. The third-order valence-electron chi connectivity index (χ3n) is 5.81. The Morgan fingerprint density at radius 1 is 1.00 bits per heavy atom. The van der Waals surface area contributed by atoms with Crippen LogP contribution >= 0.6 is 0 Å². The van der Waals surface area contributed by atoms with Crippen LogP contribution < -0.4 is 14.4 Å². The van der Waals surface area contributed by atoms with Gasteiger partial charge in [0.1, 0.15) is 11.5 Å². The Labute approximate surface area is 194 Å². The van der Waals surface area contributed by atoms with Crippen molar-refractivity contribution < 1.29 is 19.1 Å². The first-order chi connectivity index (χ1) is 15.9. The van der Waals surface area contributed by atoms with Gasteiger partial charge in [-0.2, -0.15) is 0 Å². The number of ketones is 1. The molecule has 0 bridgehead atoms. The number of ether oxygens (including phenoxy) is 2. The van der Waals surface area contributed by atoms with Crippen LogP contribution in [0.5, 0.6) is 11.5 Å². The lowest BCUT2D eigenvalue weighted by atomic mass is 10.1. The van der Waals surface area contributed by atoms with Crippen LogP contribution in [0.4, 0.5) is 5.69 Å². The maximum absolute atomic E-state index is 12.9. The minimum atomic E-state index is -0.449. The van der Waals surface area contributed by atoms with Crippen molar-refractivity contribution in [3.63, 3.8) is 0 Å². The molecular formula is C28H27NO4. The van der Waals surface area contributed by atoms with Crippen molar-refractivity contribution in [3.8, 4) is 11.5 Å². The van der Waals surface area contributed by atoms with E-state index in [2.05, 4.69) is 18.7 Å². The lowest BCUT2D eigenvalue weighted by molar-refractivity contribution is 0.0733. The van der Waals surface area contributed by atoms with E-state index in [1.54, 1.807) is 37.3 Å². The number of benzene rings is 3. The van der Waals surface area contributed by atoms with E-state index in [4.69, 9.17) is 9.47 Å². The molecule has 168 valence electrons. The molecule has 0 N–H and O–H groups in total. The summed E-state index contributed by atoms with van der Waals surface area (Å²) in [5.74, 6) is 0.428. The second-order valence-corrected chi connectivity index (χ2v) is 8.03. The molecular weight excluding hydrogens is 414 g/mol. The standard InChI is InChI=1S/C28H27NO4/c1-5-29(6-2)22-12-10-20(11-13-22)17-25-26(30)23-14-15-24(19(4)27(23)32-25)33-28(31)21-9-7-8-18(3)16-21/h7-17H,5-6H2,1-4H3/b25-17-. The van der Waals surface area contributed by atoms with Crippen LogP contribution in [0.25, 0.3) is 6.08 Å². The number of carbonyl (C=O) groups excluding carboxylic acids is 2. The second kappa shape index (κ2) is 9.33. The summed E-state index contributed by atoms with van der Waals surface area (Å²) in [5, 5.41) is 0. The van der Waals surface area contributed by atoms with Crippen molar-refractivity contribution in [1.82, 2.24) is 0 Å². The van der Waals surface area contributed by atoms with Crippen LogP contribution in [-0.4, -0.2) is 24.8 Å². The number of hydrogen-bond donors (Lipinski definition) is 0. The predicted molar refractivity (Wildman–Crippen MR) is 130 cm³/mol. The van der Waals surface area contributed by atoms with Gasteiger partial charge in [0.2, 0.25) is 5.78 Å². The molecule has 1 heterocycles. The Hall–Kier alpha value is -3.86. The number of carbonyl (C=O) groups is 2. The molecule has 0 fully saturated rings. The van der Waals surface area contributed by atoms with Crippen molar-refractivity contribution in [2.24, 2.45) is 0 Å². The van der Waals surface area contributed by atoms with Crippen LogP contribution in [0, 0.1) is 13.8 Å². The Morgan fingerprint density at radius 2 is 1.73 bits per heavy atom. The van der Waals surface area contributed by atoms with Crippen LogP contribution in [0.2, 0.25) is 0 Å². The molecule has 0 radical (unpaired) electrons. The molecule has 0 aromatic heterocycles. The molecule has 0 atom stereocenters. The number of Topliss-reactive ketones (excluding diaryl/α,β-unsaturated/α-hetero) is 1. The molecule has 1 aliphatic heterocycles. The van der Waals surface area contributed by atoms with E-state index in [-0.39, 0.29) is 11.5 Å². The third-order valence-corrected chi connectivity index (χ3v) is 5.81. The van der Waals surface area contributed by atoms with Crippen molar-refractivity contribution in [3.05, 3.63) is 94.2 Å². The van der Waals surface area contributed by atoms with E-state index < -0.39 is 5.97 Å². The number of aryl methyl sites for hydroxylation is 1. The number of nitrogens with zero attached hydrogens (tertiary/aromatic N) is 1. The summed E-state index contributed by atoms with van der Waals surface area (Å²) >= 11 is 0. The summed E-state index contributed by atoms with van der Waals surface area (Å²) in [6.45, 7) is 9.81. The first-order valence-electron chi connectivity index (χ1n) is 11.1. The highest BCUT2D eigenvalue weighted by Crippen LogP contribution is 2.39. The normalized spacial score (nSPS) is 13.6. The van der Waals surface area contributed by atoms with Crippen molar-refractivity contribution in [1.29, 1.82) is 0 Å². The van der Waals surface area contributed by atoms with Gasteiger partial charge in [0.05, 0.1) is 11.1 Å². The van der Waals surface area contributed by atoms with E-state index in [1.165, 1.54) is 0 Å². The van der Waals surface area contributed by atoms with Crippen LogP contribution in [0.3, 0.4) is 0 Å². The average Bonchev–Trinajstić information content (AvgIpc) is 3.13. The first kappa shape index (κ1) is 22.3. The minimum absolute atomic E-state index is 0.183. The fourth-order valence-electron chi connectivity index (χ4n) is 3.93. The Balaban J connectivity index is 1.56. The zero-order valence-corrected chi connectivity index (χ0v) is 19.3. The summed E-state index contributed by atoms with van der Waals surface area (Å²) in [4.78, 5) is 27.7. The van der Waals surface area contributed by atoms with Gasteiger partial charge in [-0.3, -0.25) is 4.79 Å². The van der Waals surface area contributed by atoms with E-state index in [9.17, 15) is 9.59 Å². The van der Waals surface area contributed by atoms with Gasteiger partial charge in [-0.1, -0.05) is 29.8 Å². The molecule has 0 spiro atoms. The third kappa shape index (κ3) is 4.53. The van der Waals surface area contributed by atoms with E-state index in [0.717, 1.165) is 29.9 Å². The van der Waals surface area contributed by atoms with Gasteiger partial charge in [-0.25, -0.2) is 4.79 Å². The Morgan fingerprint density at radius 3 is 2.39 bits per heavy atom. The molecule has 0 unspecified atom stereocenters. The van der Waals surface area contributed by atoms with Gasteiger partial charge in [0, 0.05) is 24.3 Å². The van der Waals surface area contributed by atoms with Crippen LogP contribution in [0.15, 0.2) is 66.4 Å². The number of anilines is 1. The van der Waals surface area contributed by atoms with Crippen LogP contribution in [-0.2, 0) is 0 Å². The molecule has 3 aromatic rings. The van der Waals surface area contributed by atoms with E-state index in [1.807, 2.05) is 43.3 Å². The highest BCUT2D eigenvalue weighted by molar-refractivity contribution is 6.15. The summed E-state index contributed by atoms with van der Waals surface area (Å²) in [7, 11) is 0. The molecule has 3 aromatic carbocycles. The number of fused-ring (bicyclic) bond motifs is 1. The number of rotatable bonds is 6. The maximum Gasteiger partial charge on any atom is 0.343 e. The summed E-state index contributed by atoms with van der Waals surface area (Å²) in [5.41, 5.74) is 4.55. The van der Waals surface area contributed by atoms with Gasteiger partial charge in [-0.05, 0) is 75.7 Å². The second-order valence-electron chi connectivity index (χ2n) is 8.03. The van der Waals surface area contributed by atoms with Crippen molar-refractivity contribution in [2.75, 3.05) is 18.0 Å². The monoisotopic (exact) mass is 441 g/mol. The van der Waals surface area contributed by atoms with E-state index >= 15 is 0 Å². The molecule has 5 heteroatoms. The lowest BCUT2D eigenvalue weighted by Gasteiger charge is -2.20. The zero-order chi connectivity index (χ0) is 23.5. The zero-order valence-electron chi connectivity index (χ0n) is 19.3. The molecule has 33 heavy (non-hydrogen) atoms. The molecule has 5 nitrogen and oxygen atoms in total. The largest absolute Gasteiger partial charge is 0.452 e. The van der Waals surface area contributed by atoms with Gasteiger partial charge in [0.15, 0.2) is 5.76 Å². The molecule has 0 aliphatic carbocycles. The smallest absolute Gasteiger partial charge is 0.343 e. The highest BCUT2D eigenvalue weighted by atomic mass is 16.5. The summed E-state index contributed by atoms with van der Waals surface area (Å²) < 4.78 is 11.5. The van der Waals surface area contributed by atoms with Crippen molar-refractivity contribution in [2.45, 2.75) is 27.7 Å². The number of esters is 1.